The van der Waals surface area contributed by atoms with Gasteiger partial charge in [0.05, 0.1) is 18.7 Å². The van der Waals surface area contributed by atoms with Gasteiger partial charge >= 0.3 is 6.18 Å². The Labute approximate surface area is 127 Å². The van der Waals surface area contributed by atoms with Gasteiger partial charge in [0.2, 0.25) is 11.8 Å². The maximum atomic E-state index is 12.6. The lowest BCUT2D eigenvalue weighted by atomic mass is 10.0. The van der Waals surface area contributed by atoms with Crippen LogP contribution in [0.15, 0.2) is 18.3 Å². The van der Waals surface area contributed by atoms with Gasteiger partial charge in [0.1, 0.15) is 6.10 Å². The Hall–Kier alpha value is -1.79. The van der Waals surface area contributed by atoms with E-state index in [1.165, 1.54) is 0 Å². The minimum Gasteiger partial charge on any atom is -0.471 e. The van der Waals surface area contributed by atoms with Crippen LogP contribution in [0.2, 0.25) is 0 Å². The van der Waals surface area contributed by atoms with Gasteiger partial charge in [0.25, 0.3) is 0 Å². The van der Waals surface area contributed by atoms with Crippen LogP contribution < -0.4 is 4.74 Å². The second-order valence-corrected chi connectivity index (χ2v) is 5.64. The van der Waals surface area contributed by atoms with Gasteiger partial charge in [-0.2, -0.15) is 13.2 Å². The van der Waals surface area contributed by atoms with E-state index in [1.54, 1.807) is 4.90 Å². The molecule has 1 aliphatic heterocycles. The van der Waals surface area contributed by atoms with E-state index >= 15 is 0 Å². The molecule has 2 heterocycles. The number of hydrogen-bond acceptors (Lipinski definition) is 3. The van der Waals surface area contributed by atoms with Crippen molar-refractivity contribution in [2.24, 2.45) is 5.92 Å². The fourth-order valence-electron chi connectivity index (χ4n) is 2.11. The van der Waals surface area contributed by atoms with Crippen molar-refractivity contribution >= 4 is 5.91 Å². The molecule has 2 rings (SSSR count). The second kappa shape index (κ2) is 6.54. The van der Waals surface area contributed by atoms with Crippen molar-refractivity contribution in [1.29, 1.82) is 0 Å². The van der Waals surface area contributed by atoms with Crippen molar-refractivity contribution in [2.45, 2.75) is 39.0 Å². The molecular formula is C15H19F3N2O2. The molecule has 1 aromatic heterocycles. The fourth-order valence-corrected chi connectivity index (χ4v) is 2.11. The lowest BCUT2D eigenvalue weighted by Crippen LogP contribution is -2.56. The third-order valence-electron chi connectivity index (χ3n) is 3.77. The Kier molecular flexibility index (Phi) is 4.93. The molecule has 1 unspecified atom stereocenters. The van der Waals surface area contributed by atoms with Gasteiger partial charge in [-0.15, -0.1) is 0 Å². The zero-order valence-corrected chi connectivity index (χ0v) is 12.6. The summed E-state index contributed by atoms with van der Waals surface area (Å²) in [5.74, 6) is 0.331. The summed E-state index contributed by atoms with van der Waals surface area (Å²) in [5, 5.41) is 0. The molecule has 1 aromatic rings. The Morgan fingerprint density at radius 1 is 1.50 bits per heavy atom. The summed E-state index contributed by atoms with van der Waals surface area (Å²) in [4.78, 5) is 17.3. The van der Waals surface area contributed by atoms with Crippen molar-refractivity contribution in [1.82, 2.24) is 9.88 Å². The predicted octanol–water partition coefficient (Wildman–Crippen LogP) is 3.13. The molecule has 1 amide bonds. The van der Waals surface area contributed by atoms with E-state index in [2.05, 4.69) is 4.98 Å². The lowest BCUT2D eigenvalue weighted by molar-refractivity contribution is -0.141. The van der Waals surface area contributed by atoms with E-state index < -0.39 is 11.7 Å². The predicted molar refractivity (Wildman–Crippen MR) is 74.3 cm³/mol. The highest BCUT2D eigenvalue weighted by atomic mass is 19.4. The third kappa shape index (κ3) is 4.11. The molecule has 1 saturated heterocycles. The molecule has 0 bridgehead atoms. The number of pyridine rings is 1. The average molecular weight is 316 g/mol. The molecule has 1 aliphatic rings. The summed E-state index contributed by atoms with van der Waals surface area (Å²) < 4.78 is 43.2. The number of ether oxygens (including phenoxy) is 1. The molecule has 122 valence electrons. The number of rotatable bonds is 5. The average Bonchev–Trinajstić information content (AvgIpc) is 2.41. The highest BCUT2D eigenvalue weighted by Gasteiger charge is 2.34. The molecular weight excluding hydrogens is 297 g/mol. The summed E-state index contributed by atoms with van der Waals surface area (Å²) in [6.07, 6.45) is -2.21. The van der Waals surface area contributed by atoms with Gasteiger partial charge in [0, 0.05) is 18.7 Å². The summed E-state index contributed by atoms with van der Waals surface area (Å²) in [7, 11) is 0. The van der Waals surface area contributed by atoms with E-state index in [4.69, 9.17) is 4.74 Å². The number of nitrogens with zero attached hydrogens (tertiary/aromatic N) is 2. The summed E-state index contributed by atoms with van der Waals surface area (Å²) >= 11 is 0. The first-order valence-electron chi connectivity index (χ1n) is 7.27. The molecule has 0 aliphatic carbocycles. The van der Waals surface area contributed by atoms with Crippen molar-refractivity contribution in [3.05, 3.63) is 23.9 Å². The zero-order valence-electron chi connectivity index (χ0n) is 12.6. The SMILES string of the molecule is CCC(C)CC(=O)N1CC(Oc2cc(C(F)(F)F)ccn2)C1. The zero-order chi connectivity index (χ0) is 16.3. The van der Waals surface area contributed by atoms with E-state index in [0.29, 0.717) is 25.4 Å². The van der Waals surface area contributed by atoms with Crippen LogP contribution in [0.4, 0.5) is 13.2 Å². The molecule has 7 heteroatoms. The van der Waals surface area contributed by atoms with Crippen molar-refractivity contribution < 1.29 is 22.7 Å². The van der Waals surface area contributed by atoms with Crippen LogP contribution >= 0.6 is 0 Å². The normalized spacial score (nSPS) is 17.0. The van der Waals surface area contributed by atoms with Gasteiger partial charge in [0.15, 0.2) is 0 Å². The van der Waals surface area contributed by atoms with Crippen molar-refractivity contribution in [3.8, 4) is 5.88 Å². The van der Waals surface area contributed by atoms with Crippen LogP contribution in [-0.2, 0) is 11.0 Å². The lowest BCUT2D eigenvalue weighted by Gasteiger charge is -2.39. The molecule has 0 radical (unpaired) electrons. The largest absolute Gasteiger partial charge is 0.471 e. The summed E-state index contributed by atoms with van der Waals surface area (Å²) in [5.41, 5.74) is -0.790. The number of carbonyl (C=O) groups is 1. The van der Waals surface area contributed by atoms with E-state index in [-0.39, 0.29) is 17.9 Å². The highest BCUT2D eigenvalue weighted by Crippen LogP contribution is 2.31. The Bertz CT molecular complexity index is 528. The van der Waals surface area contributed by atoms with Gasteiger partial charge in [-0.05, 0) is 12.0 Å². The van der Waals surface area contributed by atoms with E-state index in [9.17, 15) is 18.0 Å². The van der Waals surface area contributed by atoms with E-state index in [1.807, 2.05) is 13.8 Å². The maximum Gasteiger partial charge on any atom is 0.416 e. The molecule has 4 nitrogen and oxygen atoms in total. The number of alkyl halides is 3. The standard InChI is InChI=1S/C15H19F3N2O2/c1-3-10(2)6-14(21)20-8-12(9-20)22-13-7-11(4-5-19-13)15(16,17)18/h4-5,7,10,12H,3,6,8-9H2,1-2H3. The molecule has 22 heavy (non-hydrogen) atoms. The van der Waals surface area contributed by atoms with Gasteiger partial charge in [-0.25, -0.2) is 4.98 Å². The molecule has 0 aromatic carbocycles. The minimum absolute atomic E-state index is 0.0612. The van der Waals surface area contributed by atoms with Gasteiger partial charge < -0.3 is 9.64 Å². The van der Waals surface area contributed by atoms with Crippen molar-refractivity contribution in [3.63, 3.8) is 0 Å². The van der Waals surface area contributed by atoms with Gasteiger partial charge in [-0.1, -0.05) is 20.3 Å². The van der Waals surface area contributed by atoms with Crippen LogP contribution in [0.5, 0.6) is 5.88 Å². The van der Waals surface area contributed by atoms with Crippen LogP contribution in [0, 0.1) is 5.92 Å². The molecule has 1 atom stereocenters. The minimum atomic E-state index is -4.42. The number of hydrogen-bond donors (Lipinski definition) is 0. The monoisotopic (exact) mass is 316 g/mol. The first-order valence-corrected chi connectivity index (χ1v) is 7.27. The Balaban J connectivity index is 1.84. The first kappa shape index (κ1) is 16.6. The topological polar surface area (TPSA) is 42.4 Å². The molecule has 0 N–H and O–H groups in total. The number of halogens is 3. The van der Waals surface area contributed by atoms with Crippen molar-refractivity contribution in [2.75, 3.05) is 13.1 Å². The number of aromatic nitrogens is 1. The number of carbonyl (C=O) groups excluding carboxylic acids is 1. The fraction of sp³-hybridized carbons (Fsp3) is 0.600. The molecule has 0 spiro atoms. The maximum absolute atomic E-state index is 12.6. The summed E-state index contributed by atoms with van der Waals surface area (Å²) in [6, 6.07) is 1.78. The number of amides is 1. The highest BCUT2D eigenvalue weighted by molar-refractivity contribution is 5.77. The molecule has 1 fully saturated rings. The van der Waals surface area contributed by atoms with Crippen LogP contribution in [0.3, 0.4) is 0 Å². The second-order valence-electron chi connectivity index (χ2n) is 5.64. The molecule has 0 saturated carbocycles. The van der Waals surface area contributed by atoms with Crippen LogP contribution in [-0.4, -0.2) is 35.0 Å². The van der Waals surface area contributed by atoms with Gasteiger partial charge in [-0.3, -0.25) is 4.79 Å². The third-order valence-corrected chi connectivity index (χ3v) is 3.77. The number of likely N-dealkylation sites (tertiary alicyclic amines) is 1. The quantitative estimate of drug-likeness (QED) is 0.838. The smallest absolute Gasteiger partial charge is 0.416 e. The van der Waals surface area contributed by atoms with Crippen LogP contribution in [0.25, 0.3) is 0 Å². The Morgan fingerprint density at radius 2 is 2.18 bits per heavy atom. The first-order chi connectivity index (χ1) is 10.3. The van der Waals surface area contributed by atoms with E-state index in [0.717, 1.165) is 24.8 Å². The van der Waals surface area contributed by atoms with Crippen LogP contribution in [0.1, 0.15) is 32.3 Å². The Morgan fingerprint density at radius 3 is 2.77 bits per heavy atom. The summed E-state index contributed by atoms with van der Waals surface area (Å²) in [6.45, 7) is 4.83.